The van der Waals surface area contributed by atoms with E-state index in [4.69, 9.17) is 5.73 Å². The van der Waals surface area contributed by atoms with Gasteiger partial charge in [-0.25, -0.2) is 0 Å². The van der Waals surface area contributed by atoms with Gasteiger partial charge in [0.25, 0.3) is 0 Å². The van der Waals surface area contributed by atoms with E-state index in [-0.39, 0.29) is 29.7 Å². The average molecular weight is 210 g/mol. The molecule has 4 nitrogen and oxygen atoms in total. The number of hydrogen-bond donors (Lipinski definition) is 1. The fourth-order valence-electron chi connectivity index (χ4n) is 2.29. The van der Waals surface area contributed by atoms with Crippen molar-refractivity contribution >= 4 is 11.8 Å². The zero-order valence-corrected chi connectivity index (χ0v) is 9.27. The van der Waals surface area contributed by atoms with Crippen LogP contribution in [0.3, 0.4) is 0 Å². The summed E-state index contributed by atoms with van der Waals surface area (Å²) in [7, 11) is 0. The van der Waals surface area contributed by atoms with Gasteiger partial charge in [-0.1, -0.05) is 13.8 Å². The fraction of sp³-hybridized carbons (Fsp3) is 0.818. The highest BCUT2D eigenvalue weighted by molar-refractivity contribution is 6.05. The summed E-state index contributed by atoms with van der Waals surface area (Å²) in [4.78, 5) is 25.3. The molecule has 2 fully saturated rings. The zero-order valence-electron chi connectivity index (χ0n) is 9.27. The summed E-state index contributed by atoms with van der Waals surface area (Å²) < 4.78 is 0. The first-order valence-electron chi connectivity index (χ1n) is 5.65. The predicted octanol–water partition coefficient (Wildman–Crippen LogP) is 0.365. The molecule has 2 rings (SSSR count). The van der Waals surface area contributed by atoms with Crippen molar-refractivity contribution in [3.8, 4) is 0 Å². The molecule has 15 heavy (non-hydrogen) atoms. The van der Waals surface area contributed by atoms with E-state index in [1.54, 1.807) is 0 Å². The third kappa shape index (κ3) is 1.57. The molecule has 4 heteroatoms. The van der Waals surface area contributed by atoms with E-state index in [9.17, 15) is 9.59 Å². The molecule has 84 valence electrons. The Kier molecular flexibility index (Phi) is 2.54. The van der Waals surface area contributed by atoms with Gasteiger partial charge >= 0.3 is 0 Å². The lowest BCUT2D eigenvalue weighted by Gasteiger charge is -2.25. The van der Waals surface area contributed by atoms with Gasteiger partial charge < -0.3 is 5.73 Å². The molecule has 1 aliphatic carbocycles. The Bertz CT molecular complexity index is 279. The van der Waals surface area contributed by atoms with Crippen LogP contribution in [-0.2, 0) is 9.59 Å². The zero-order chi connectivity index (χ0) is 11.2. The molecule has 2 amide bonds. The Morgan fingerprint density at radius 1 is 1.27 bits per heavy atom. The van der Waals surface area contributed by atoms with E-state index in [2.05, 4.69) is 0 Å². The second kappa shape index (κ2) is 3.59. The van der Waals surface area contributed by atoms with Gasteiger partial charge in [0, 0.05) is 18.4 Å². The standard InChI is InChI=1S/C11H18N2O2/c1-6-7(2)11(15)13(10(6)14)9(5-12)8-3-4-8/h6-9H,3-5,12H2,1-2H3. The molecule has 0 aromatic carbocycles. The van der Waals surface area contributed by atoms with Crippen LogP contribution in [-0.4, -0.2) is 29.3 Å². The summed E-state index contributed by atoms with van der Waals surface area (Å²) in [6, 6.07) is -0.0441. The first-order valence-corrected chi connectivity index (χ1v) is 5.65. The summed E-state index contributed by atoms with van der Waals surface area (Å²) in [6.07, 6.45) is 2.20. The number of carbonyl (C=O) groups excluding carboxylic acids is 2. The van der Waals surface area contributed by atoms with Crippen LogP contribution < -0.4 is 5.73 Å². The number of nitrogens with two attached hydrogens (primary N) is 1. The molecule has 1 aliphatic heterocycles. The number of likely N-dealkylation sites (tertiary alicyclic amines) is 1. The summed E-state index contributed by atoms with van der Waals surface area (Å²) in [5, 5.41) is 0. The van der Waals surface area contributed by atoms with Crippen LogP contribution >= 0.6 is 0 Å². The second-order valence-electron chi connectivity index (χ2n) is 4.76. The number of carbonyl (C=O) groups is 2. The maximum Gasteiger partial charge on any atom is 0.233 e. The van der Waals surface area contributed by atoms with E-state index in [1.165, 1.54) is 4.90 Å². The molecule has 0 radical (unpaired) electrons. The van der Waals surface area contributed by atoms with E-state index in [0.29, 0.717) is 12.5 Å². The van der Waals surface area contributed by atoms with Crippen molar-refractivity contribution in [1.82, 2.24) is 4.90 Å². The summed E-state index contributed by atoms with van der Waals surface area (Å²) in [5.74, 6) is 0.0423. The van der Waals surface area contributed by atoms with Crippen LogP contribution in [0.4, 0.5) is 0 Å². The molecular formula is C11H18N2O2. The van der Waals surface area contributed by atoms with Gasteiger partial charge in [-0.15, -0.1) is 0 Å². The van der Waals surface area contributed by atoms with E-state index >= 15 is 0 Å². The van der Waals surface area contributed by atoms with Crippen molar-refractivity contribution in [1.29, 1.82) is 0 Å². The normalized spacial score (nSPS) is 33.7. The highest BCUT2D eigenvalue weighted by Gasteiger charge is 2.48. The topological polar surface area (TPSA) is 63.4 Å². The largest absolute Gasteiger partial charge is 0.328 e. The maximum absolute atomic E-state index is 11.9. The van der Waals surface area contributed by atoms with Crippen molar-refractivity contribution in [3.63, 3.8) is 0 Å². The van der Waals surface area contributed by atoms with Crippen LogP contribution in [0.2, 0.25) is 0 Å². The number of hydrogen-bond acceptors (Lipinski definition) is 3. The van der Waals surface area contributed by atoms with Gasteiger partial charge in [0.05, 0.1) is 6.04 Å². The quantitative estimate of drug-likeness (QED) is 0.684. The second-order valence-corrected chi connectivity index (χ2v) is 4.76. The monoisotopic (exact) mass is 210 g/mol. The molecule has 1 saturated heterocycles. The molecule has 0 aromatic rings. The highest BCUT2D eigenvalue weighted by Crippen LogP contribution is 2.38. The summed E-state index contributed by atoms with van der Waals surface area (Å²) in [6.45, 7) is 4.05. The van der Waals surface area contributed by atoms with Gasteiger partial charge in [-0.3, -0.25) is 14.5 Å². The Morgan fingerprint density at radius 2 is 1.73 bits per heavy atom. The molecule has 3 atom stereocenters. The summed E-state index contributed by atoms with van der Waals surface area (Å²) in [5.41, 5.74) is 5.66. The molecule has 2 aliphatic rings. The van der Waals surface area contributed by atoms with Gasteiger partial charge in [0.2, 0.25) is 11.8 Å². The molecule has 1 saturated carbocycles. The number of nitrogens with zero attached hydrogens (tertiary/aromatic N) is 1. The molecule has 1 heterocycles. The van der Waals surface area contributed by atoms with Crippen LogP contribution in [0, 0.1) is 17.8 Å². The van der Waals surface area contributed by atoms with Crippen LogP contribution in [0.5, 0.6) is 0 Å². The summed E-state index contributed by atoms with van der Waals surface area (Å²) >= 11 is 0. The van der Waals surface area contributed by atoms with E-state index in [0.717, 1.165) is 12.8 Å². The Labute approximate surface area is 89.8 Å². The number of imide groups is 1. The van der Waals surface area contributed by atoms with Crippen molar-refractivity contribution < 1.29 is 9.59 Å². The van der Waals surface area contributed by atoms with Crippen LogP contribution in [0.1, 0.15) is 26.7 Å². The first-order chi connectivity index (χ1) is 7.07. The first kappa shape index (κ1) is 10.6. The third-order valence-electron chi connectivity index (χ3n) is 3.74. The van der Waals surface area contributed by atoms with Gasteiger partial charge in [0.15, 0.2) is 0 Å². The maximum atomic E-state index is 11.9. The van der Waals surface area contributed by atoms with Gasteiger partial charge in [-0.05, 0) is 18.8 Å². The van der Waals surface area contributed by atoms with Crippen LogP contribution in [0.15, 0.2) is 0 Å². The van der Waals surface area contributed by atoms with Gasteiger partial charge in [0.1, 0.15) is 0 Å². The Morgan fingerprint density at radius 3 is 2.07 bits per heavy atom. The predicted molar refractivity (Wildman–Crippen MR) is 55.7 cm³/mol. The third-order valence-corrected chi connectivity index (χ3v) is 3.74. The van der Waals surface area contributed by atoms with Crippen molar-refractivity contribution in [2.24, 2.45) is 23.5 Å². The molecule has 0 bridgehead atoms. The Balaban J connectivity index is 2.20. The minimum absolute atomic E-state index is 0.0325. The van der Waals surface area contributed by atoms with Crippen LogP contribution in [0.25, 0.3) is 0 Å². The van der Waals surface area contributed by atoms with Crippen molar-refractivity contribution in [2.45, 2.75) is 32.7 Å². The van der Waals surface area contributed by atoms with E-state index < -0.39 is 0 Å². The van der Waals surface area contributed by atoms with Crippen molar-refractivity contribution in [3.05, 3.63) is 0 Å². The molecule has 0 spiro atoms. The lowest BCUT2D eigenvalue weighted by molar-refractivity contribution is -0.142. The minimum atomic E-state index is -0.176. The fourth-order valence-corrected chi connectivity index (χ4v) is 2.29. The molecular weight excluding hydrogens is 192 g/mol. The van der Waals surface area contributed by atoms with E-state index in [1.807, 2.05) is 13.8 Å². The highest BCUT2D eigenvalue weighted by atomic mass is 16.2. The molecule has 0 aromatic heterocycles. The number of rotatable bonds is 3. The SMILES string of the molecule is CC1C(=O)N(C(CN)C2CC2)C(=O)C1C. The average Bonchev–Trinajstić information content (AvgIpc) is 3.02. The lowest BCUT2D eigenvalue weighted by atomic mass is 10.00. The molecule has 3 unspecified atom stereocenters. The van der Waals surface area contributed by atoms with Crippen molar-refractivity contribution in [2.75, 3.05) is 6.54 Å². The minimum Gasteiger partial charge on any atom is -0.328 e. The van der Waals surface area contributed by atoms with Gasteiger partial charge in [-0.2, -0.15) is 0 Å². The number of amides is 2. The lowest BCUT2D eigenvalue weighted by Crippen LogP contribution is -2.46. The Hall–Kier alpha value is -0.900. The molecule has 2 N–H and O–H groups in total. The smallest absolute Gasteiger partial charge is 0.233 e.